The van der Waals surface area contributed by atoms with Crippen LogP contribution in [0.5, 0.6) is 5.75 Å². The van der Waals surface area contributed by atoms with E-state index >= 15 is 0 Å². The van der Waals surface area contributed by atoms with E-state index in [1.54, 1.807) is 31.4 Å². The summed E-state index contributed by atoms with van der Waals surface area (Å²) in [6, 6.07) is 24.5. The molecule has 182 valence electrons. The molecule has 5 rings (SSSR count). The molecule has 3 aromatic carbocycles. The zero-order chi connectivity index (χ0) is 25.1. The van der Waals surface area contributed by atoms with Crippen molar-refractivity contribution in [3.8, 4) is 5.75 Å². The average Bonchev–Trinajstić information content (AvgIpc) is 3.50. The number of hydrogen-bond acceptors (Lipinski definition) is 6. The molecular weight excluding hydrogens is 496 g/mol. The lowest BCUT2D eigenvalue weighted by Crippen LogP contribution is -2.25. The Morgan fingerprint density at radius 3 is 2.50 bits per heavy atom. The molecule has 0 bridgehead atoms. The number of anilines is 1. The van der Waals surface area contributed by atoms with Gasteiger partial charge in [0.05, 0.1) is 18.9 Å². The first-order chi connectivity index (χ1) is 17.5. The largest absolute Gasteiger partial charge is 0.497 e. The van der Waals surface area contributed by atoms with Crippen molar-refractivity contribution in [2.24, 2.45) is 10.1 Å². The maximum atomic E-state index is 12.7. The van der Waals surface area contributed by atoms with Gasteiger partial charge in [-0.25, -0.2) is 5.01 Å². The van der Waals surface area contributed by atoms with Crippen LogP contribution in [0.2, 0.25) is 5.02 Å². The highest BCUT2D eigenvalue weighted by molar-refractivity contribution is 8.15. The highest BCUT2D eigenvalue weighted by Crippen LogP contribution is 2.38. The molecule has 36 heavy (non-hydrogen) atoms. The minimum atomic E-state index is -0.607. The van der Waals surface area contributed by atoms with Crippen molar-refractivity contribution in [2.75, 3.05) is 12.4 Å². The van der Waals surface area contributed by atoms with Gasteiger partial charge >= 0.3 is 0 Å². The molecule has 2 atom stereocenters. The van der Waals surface area contributed by atoms with Crippen molar-refractivity contribution < 1.29 is 14.3 Å². The van der Waals surface area contributed by atoms with E-state index in [-0.39, 0.29) is 24.3 Å². The van der Waals surface area contributed by atoms with E-state index in [4.69, 9.17) is 21.4 Å². The summed E-state index contributed by atoms with van der Waals surface area (Å²) >= 11 is 7.18. The summed E-state index contributed by atoms with van der Waals surface area (Å²) in [4.78, 5) is 29.6. The topological polar surface area (TPSA) is 83.4 Å². The Bertz CT molecular complexity index is 1330. The molecule has 0 spiro atoms. The van der Waals surface area contributed by atoms with E-state index < -0.39 is 5.25 Å². The summed E-state index contributed by atoms with van der Waals surface area (Å²) in [5.41, 5.74) is 3.57. The molecule has 1 N–H and O–H groups in total. The molecule has 0 saturated carbocycles. The number of carbonyl (C=O) groups is 2. The van der Waals surface area contributed by atoms with E-state index in [1.165, 1.54) is 11.8 Å². The second-order valence-electron chi connectivity index (χ2n) is 8.35. The van der Waals surface area contributed by atoms with Crippen LogP contribution in [0, 0.1) is 0 Å². The first-order valence-corrected chi connectivity index (χ1v) is 12.7. The molecule has 3 aromatic rings. The van der Waals surface area contributed by atoms with Crippen LogP contribution < -0.4 is 10.1 Å². The minimum absolute atomic E-state index is 0.0119. The lowest BCUT2D eigenvalue weighted by Gasteiger charge is -2.23. The van der Waals surface area contributed by atoms with E-state index in [0.717, 1.165) is 22.6 Å². The quantitative estimate of drug-likeness (QED) is 0.464. The van der Waals surface area contributed by atoms with Crippen molar-refractivity contribution in [2.45, 2.75) is 24.1 Å². The fraction of sp³-hybridized carbons (Fsp3) is 0.185. The van der Waals surface area contributed by atoms with Crippen molar-refractivity contribution in [1.29, 1.82) is 0 Å². The monoisotopic (exact) mass is 518 g/mol. The van der Waals surface area contributed by atoms with Crippen LogP contribution in [-0.2, 0) is 9.59 Å². The predicted molar refractivity (Wildman–Crippen MR) is 144 cm³/mol. The Morgan fingerprint density at radius 2 is 1.81 bits per heavy atom. The van der Waals surface area contributed by atoms with Crippen LogP contribution in [0.4, 0.5) is 5.69 Å². The van der Waals surface area contributed by atoms with Gasteiger partial charge in [-0.3, -0.25) is 9.59 Å². The fourth-order valence-corrected chi connectivity index (χ4v) is 5.29. The fourth-order valence-electron chi connectivity index (χ4n) is 4.10. The summed E-state index contributed by atoms with van der Waals surface area (Å²) in [6.07, 6.45) is 0.670. The third-order valence-corrected chi connectivity index (χ3v) is 7.34. The molecule has 2 heterocycles. The molecule has 2 aliphatic rings. The third kappa shape index (κ3) is 5.29. The van der Waals surface area contributed by atoms with Gasteiger partial charge < -0.3 is 10.1 Å². The van der Waals surface area contributed by atoms with Gasteiger partial charge in [0.15, 0.2) is 5.17 Å². The van der Waals surface area contributed by atoms with E-state index in [2.05, 4.69) is 10.3 Å². The summed E-state index contributed by atoms with van der Waals surface area (Å²) < 4.78 is 5.27. The lowest BCUT2D eigenvalue weighted by atomic mass is 9.98. The molecule has 0 fully saturated rings. The van der Waals surface area contributed by atoms with Gasteiger partial charge in [0.1, 0.15) is 11.0 Å². The molecule has 0 saturated heterocycles. The van der Waals surface area contributed by atoms with Crippen molar-refractivity contribution in [1.82, 2.24) is 5.01 Å². The van der Waals surface area contributed by atoms with Gasteiger partial charge in [-0.05, 0) is 59.7 Å². The maximum Gasteiger partial charge on any atom is 0.262 e. The van der Waals surface area contributed by atoms with E-state index in [0.29, 0.717) is 22.3 Å². The number of hydrogen-bond donors (Lipinski definition) is 1. The number of ether oxygens (including phenoxy) is 1. The molecule has 7 nitrogen and oxygen atoms in total. The second kappa shape index (κ2) is 10.6. The number of aliphatic imine (C=N–C) groups is 1. The number of nitrogens with zero attached hydrogens (tertiary/aromatic N) is 3. The Hall–Kier alpha value is -3.62. The van der Waals surface area contributed by atoms with Crippen molar-refractivity contribution in [3.05, 3.63) is 95.0 Å². The van der Waals surface area contributed by atoms with Gasteiger partial charge in [-0.1, -0.05) is 53.7 Å². The highest BCUT2D eigenvalue weighted by Gasteiger charge is 2.39. The Morgan fingerprint density at radius 1 is 1.08 bits per heavy atom. The molecule has 0 radical (unpaired) electrons. The first-order valence-electron chi connectivity index (χ1n) is 11.4. The Kier molecular flexibility index (Phi) is 7.06. The molecule has 0 aromatic heterocycles. The number of hydrazone groups is 1. The molecule has 2 aliphatic heterocycles. The summed E-state index contributed by atoms with van der Waals surface area (Å²) in [6.45, 7) is 0. The summed E-state index contributed by atoms with van der Waals surface area (Å²) in [5.74, 6) is 0.180. The van der Waals surface area contributed by atoms with Crippen LogP contribution in [0.1, 0.15) is 30.0 Å². The lowest BCUT2D eigenvalue weighted by molar-refractivity contribution is -0.121. The zero-order valence-corrected chi connectivity index (χ0v) is 21.0. The van der Waals surface area contributed by atoms with Gasteiger partial charge in [0, 0.05) is 23.6 Å². The Balaban J connectivity index is 1.33. The number of amides is 2. The number of thioether (sulfide) groups is 1. The molecule has 0 aliphatic carbocycles. The minimum Gasteiger partial charge on any atom is -0.497 e. The maximum absolute atomic E-state index is 12.7. The predicted octanol–water partition coefficient (Wildman–Crippen LogP) is 5.53. The van der Waals surface area contributed by atoms with Crippen molar-refractivity contribution >= 4 is 51.7 Å². The van der Waals surface area contributed by atoms with Crippen LogP contribution in [-0.4, -0.2) is 40.1 Å². The number of benzene rings is 3. The average molecular weight is 519 g/mol. The van der Waals surface area contributed by atoms with Gasteiger partial charge in [-0.15, -0.1) is 0 Å². The summed E-state index contributed by atoms with van der Waals surface area (Å²) in [5, 5.41) is 9.97. The third-order valence-electron chi connectivity index (χ3n) is 5.94. The summed E-state index contributed by atoms with van der Waals surface area (Å²) in [7, 11) is 1.63. The van der Waals surface area contributed by atoms with Crippen LogP contribution in [0.25, 0.3) is 0 Å². The molecule has 0 unspecified atom stereocenters. The molecule has 2 amide bonds. The number of nitrogens with one attached hydrogen (secondary N) is 1. The zero-order valence-electron chi connectivity index (χ0n) is 19.4. The van der Waals surface area contributed by atoms with Crippen molar-refractivity contribution in [3.63, 3.8) is 0 Å². The van der Waals surface area contributed by atoms with Gasteiger partial charge in [0.2, 0.25) is 5.91 Å². The van der Waals surface area contributed by atoms with Crippen LogP contribution >= 0.6 is 23.4 Å². The number of carbonyl (C=O) groups excluding carboxylic acids is 2. The Labute approximate surface area is 218 Å². The normalized spacial score (nSPS) is 19.2. The molecule has 9 heteroatoms. The number of amidine groups is 1. The standard InChI is InChI=1S/C27H23ClN4O3S/c1-35-21-13-7-17(8-14-21)22-15-23(18-5-3-2-4-6-18)32(31-22)27-30-26(34)24(36-27)16-25(33)29-20-11-9-19(28)10-12-20/h2-14,23-24H,15-16H2,1H3,(H,29,33)/t23-,24-/m1/s1. The highest BCUT2D eigenvalue weighted by atomic mass is 35.5. The smallest absolute Gasteiger partial charge is 0.262 e. The van der Waals surface area contributed by atoms with E-state index in [9.17, 15) is 9.59 Å². The molecular formula is C27H23ClN4O3S. The number of halogens is 1. The van der Waals surface area contributed by atoms with E-state index in [1.807, 2.05) is 59.6 Å². The van der Waals surface area contributed by atoms with Gasteiger partial charge in [-0.2, -0.15) is 10.1 Å². The number of rotatable bonds is 6. The van der Waals surface area contributed by atoms with Crippen LogP contribution in [0.3, 0.4) is 0 Å². The first kappa shape index (κ1) is 24.1. The number of methoxy groups -OCH3 is 1. The SMILES string of the molecule is COc1ccc(C2=NN(C3=NC(=O)[C@@H](CC(=O)Nc4ccc(Cl)cc4)S3)[C@@H](c3ccccc3)C2)cc1. The second-order valence-corrected chi connectivity index (χ2v) is 9.95. The van der Waals surface area contributed by atoms with Crippen LogP contribution in [0.15, 0.2) is 89.0 Å². The van der Waals surface area contributed by atoms with Gasteiger partial charge in [0.25, 0.3) is 5.91 Å².